The van der Waals surface area contributed by atoms with E-state index in [9.17, 15) is 14.0 Å². The average Bonchev–Trinajstić information content (AvgIpc) is 2.58. The summed E-state index contributed by atoms with van der Waals surface area (Å²) in [5.41, 5.74) is 1.06. The van der Waals surface area contributed by atoms with E-state index in [1.54, 1.807) is 24.5 Å². The molecule has 0 N–H and O–H groups in total. The van der Waals surface area contributed by atoms with Crippen LogP contribution in [0.1, 0.15) is 22.3 Å². The van der Waals surface area contributed by atoms with E-state index in [0.29, 0.717) is 0 Å². The highest BCUT2D eigenvalue weighted by Crippen LogP contribution is 2.12. The molecule has 23 heavy (non-hydrogen) atoms. The third kappa shape index (κ3) is 4.88. The number of rotatable bonds is 6. The lowest BCUT2D eigenvalue weighted by atomic mass is 10.1. The Balaban J connectivity index is 2.17. The Morgan fingerprint density at radius 2 is 2.09 bits per heavy atom. The summed E-state index contributed by atoms with van der Waals surface area (Å²) in [6.45, 7) is 0.455. The van der Waals surface area contributed by atoms with Crippen LogP contribution < -0.4 is 0 Å². The Morgan fingerprint density at radius 3 is 2.74 bits per heavy atom. The second-order valence-electron chi connectivity index (χ2n) is 4.92. The van der Waals surface area contributed by atoms with Gasteiger partial charge in [-0.1, -0.05) is 12.1 Å². The molecule has 0 unspecified atom stereocenters. The molecule has 1 aromatic carbocycles. The Kier molecular flexibility index (Phi) is 5.80. The van der Waals surface area contributed by atoms with Crippen molar-refractivity contribution in [1.29, 1.82) is 0 Å². The molecule has 0 saturated carbocycles. The summed E-state index contributed by atoms with van der Waals surface area (Å²) in [6.07, 6.45) is 3.35. The molecule has 0 fully saturated rings. The van der Waals surface area contributed by atoms with Crippen LogP contribution in [-0.4, -0.2) is 35.4 Å². The van der Waals surface area contributed by atoms with Crippen molar-refractivity contribution in [1.82, 2.24) is 9.88 Å². The molecule has 0 aliphatic carbocycles. The molecule has 0 aliphatic rings. The molecular weight excluding hydrogens is 299 g/mol. The predicted molar refractivity (Wildman–Crippen MR) is 82.0 cm³/mol. The first-order valence-electron chi connectivity index (χ1n) is 7.10. The third-order valence-electron chi connectivity index (χ3n) is 3.27. The van der Waals surface area contributed by atoms with Crippen LogP contribution in [0, 0.1) is 5.82 Å². The predicted octanol–water partition coefficient (Wildman–Crippen LogP) is 2.43. The zero-order chi connectivity index (χ0) is 16.7. The van der Waals surface area contributed by atoms with E-state index in [-0.39, 0.29) is 31.0 Å². The molecule has 1 heterocycles. The number of hydrogen-bond acceptors (Lipinski definition) is 4. The molecule has 6 heteroatoms. The van der Waals surface area contributed by atoms with Crippen LogP contribution in [-0.2, 0) is 16.1 Å². The summed E-state index contributed by atoms with van der Waals surface area (Å²) in [5.74, 6) is -1.24. The number of methoxy groups -OCH3 is 1. The molecule has 120 valence electrons. The minimum absolute atomic E-state index is 0.0673. The fourth-order valence-electron chi connectivity index (χ4n) is 2.10. The molecule has 2 rings (SSSR count). The van der Waals surface area contributed by atoms with Gasteiger partial charge in [0.15, 0.2) is 0 Å². The fourth-order valence-corrected chi connectivity index (χ4v) is 2.10. The van der Waals surface area contributed by atoms with Gasteiger partial charge in [-0.3, -0.25) is 14.6 Å². The Labute approximate surface area is 133 Å². The monoisotopic (exact) mass is 316 g/mol. The van der Waals surface area contributed by atoms with Crippen LogP contribution in [0.2, 0.25) is 0 Å². The van der Waals surface area contributed by atoms with Crippen molar-refractivity contribution in [2.45, 2.75) is 13.0 Å². The van der Waals surface area contributed by atoms with Crippen LogP contribution in [0.3, 0.4) is 0 Å². The van der Waals surface area contributed by atoms with Gasteiger partial charge in [0.1, 0.15) is 5.82 Å². The van der Waals surface area contributed by atoms with E-state index < -0.39 is 11.8 Å². The van der Waals surface area contributed by atoms with Crippen molar-refractivity contribution in [3.8, 4) is 0 Å². The Morgan fingerprint density at radius 1 is 1.26 bits per heavy atom. The topological polar surface area (TPSA) is 59.5 Å². The number of hydrogen-bond donors (Lipinski definition) is 0. The molecule has 1 amide bonds. The number of carbonyl (C=O) groups excluding carboxylic acids is 2. The summed E-state index contributed by atoms with van der Waals surface area (Å²) < 4.78 is 17.9. The van der Waals surface area contributed by atoms with Gasteiger partial charge in [-0.05, 0) is 29.8 Å². The number of pyridine rings is 1. The number of benzene rings is 1. The van der Waals surface area contributed by atoms with Crippen LogP contribution in [0.5, 0.6) is 0 Å². The Hall–Kier alpha value is -2.76. The van der Waals surface area contributed by atoms with Crippen molar-refractivity contribution in [2.24, 2.45) is 0 Å². The zero-order valence-corrected chi connectivity index (χ0v) is 12.7. The normalized spacial score (nSPS) is 10.2. The van der Waals surface area contributed by atoms with Crippen molar-refractivity contribution in [2.75, 3.05) is 13.7 Å². The van der Waals surface area contributed by atoms with Crippen molar-refractivity contribution < 1.29 is 18.7 Å². The highest BCUT2D eigenvalue weighted by Gasteiger charge is 2.18. The minimum Gasteiger partial charge on any atom is -0.469 e. The smallest absolute Gasteiger partial charge is 0.307 e. The third-order valence-corrected chi connectivity index (χ3v) is 3.27. The van der Waals surface area contributed by atoms with Gasteiger partial charge in [0.05, 0.1) is 13.5 Å². The highest BCUT2D eigenvalue weighted by atomic mass is 19.1. The second kappa shape index (κ2) is 8.03. The van der Waals surface area contributed by atoms with E-state index >= 15 is 0 Å². The lowest BCUT2D eigenvalue weighted by Gasteiger charge is -2.22. The summed E-state index contributed by atoms with van der Waals surface area (Å²) in [6, 6.07) is 9.07. The van der Waals surface area contributed by atoms with Crippen LogP contribution in [0.4, 0.5) is 4.39 Å². The molecule has 0 saturated heterocycles. The standard InChI is InChI=1S/C17H17FN2O3/c1-23-16(21)7-9-20(12-13-4-3-8-19-11-13)17(22)14-5-2-6-15(18)10-14/h2-6,8,10-11H,7,9,12H2,1H3. The van der Waals surface area contributed by atoms with E-state index in [2.05, 4.69) is 9.72 Å². The number of nitrogens with zero attached hydrogens (tertiary/aromatic N) is 2. The van der Waals surface area contributed by atoms with Gasteiger partial charge in [0.25, 0.3) is 5.91 Å². The first-order chi connectivity index (χ1) is 11.1. The molecule has 0 aliphatic heterocycles. The molecule has 0 atom stereocenters. The van der Waals surface area contributed by atoms with Crippen LogP contribution in [0.25, 0.3) is 0 Å². The number of carbonyl (C=O) groups is 2. The lowest BCUT2D eigenvalue weighted by Crippen LogP contribution is -2.32. The Bertz CT molecular complexity index is 677. The maximum Gasteiger partial charge on any atom is 0.307 e. The quantitative estimate of drug-likeness (QED) is 0.768. The largest absolute Gasteiger partial charge is 0.469 e. The maximum absolute atomic E-state index is 13.3. The summed E-state index contributed by atoms with van der Waals surface area (Å²) in [5, 5.41) is 0. The van der Waals surface area contributed by atoms with Crippen LogP contribution >= 0.6 is 0 Å². The van der Waals surface area contributed by atoms with Gasteiger partial charge >= 0.3 is 5.97 Å². The van der Waals surface area contributed by atoms with Gasteiger partial charge in [0, 0.05) is 31.0 Å². The van der Waals surface area contributed by atoms with E-state index in [1.165, 1.54) is 30.2 Å². The van der Waals surface area contributed by atoms with E-state index in [1.807, 2.05) is 6.07 Å². The van der Waals surface area contributed by atoms with Crippen molar-refractivity contribution >= 4 is 11.9 Å². The van der Waals surface area contributed by atoms with Gasteiger partial charge in [0.2, 0.25) is 0 Å². The number of aromatic nitrogens is 1. The average molecular weight is 316 g/mol. The number of esters is 1. The fraction of sp³-hybridized carbons (Fsp3) is 0.235. The van der Waals surface area contributed by atoms with Gasteiger partial charge in [-0.2, -0.15) is 0 Å². The molecule has 0 bridgehead atoms. The second-order valence-corrected chi connectivity index (χ2v) is 4.92. The zero-order valence-electron chi connectivity index (χ0n) is 12.7. The maximum atomic E-state index is 13.3. The first kappa shape index (κ1) is 16.6. The molecule has 0 spiro atoms. The molecule has 5 nitrogen and oxygen atoms in total. The lowest BCUT2D eigenvalue weighted by molar-refractivity contribution is -0.140. The number of amides is 1. The van der Waals surface area contributed by atoms with Crippen LogP contribution in [0.15, 0.2) is 48.8 Å². The molecular formula is C17H17FN2O3. The highest BCUT2D eigenvalue weighted by molar-refractivity contribution is 5.94. The first-order valence-corrected chi connectivity index (χ1v) is 7.10. The van der Waals surface area contributed by atoms with E-state index in [0.717, 1.165) is 5.56 Å². The molecule has 0 radical (unpaired) electrons. The summed E-state index contributed by atoms with van der Waals surface area (Å²) in [7, 11) is 1.29. The van der Waals surface area contributed by atoms with Gasteiger partial charge in [-0.15, -0.1) is 0 Å². The van der Waals surface area contributed by atoms with E-state index in [4.69, 9.17) is 0 Å². The number of ether oxygens (including phenoxy) is 1. The molecule has 1 aromatic heterocycles. The summed E-state index contributed by atoms with van der Waals surface area (Å²) in [4.78, 5) is 29.4. The SMILES string of the molecule is COC(=O)CCN(Cc1cccnc1)C(=O)c1cccc(F)c1. The molecule has 2 aromatic rings. The number of halogens is 1. The van der Waals surface area contributed by atoms with Crippen molar-refractivity contribution in [3.05, 3.63) is 65.7 Å². The van der Waals surface area contributed by atoms with Gasteiger partial charge in [-0.25, -0.2) is 4.39 Å². The minimum atomic E-state index is -0.481. The van der Waals surface area contributed by atoms with Crippen molar-refractivity contribution in [3.63, 3.8) is 0 Å². The van der Waals surface area contributed by atoms with Gasteiger partial charge < -0.3 is 9.64 Å². The summed E-state index contributed by atoms with van der Waals surface area (Å²) >= 11 is 0.